The molecule has 0 amide bonds. The van der Waals surface area contributed by atoms with E-state index >= 15 is 0 Å². The van der Waals surface area contributed by atoms with Gasteiger partial charge in [0.1, 0.15) is 0 Å². The molecule has 5 N–H and O–H groups in total. The molecule has 0 radical (unpaired) electrons. The molecule has 0 aliphatic rings. The van der Waals surface area contributed by atoms with E-state index in [2.05, 4.69) is 10.4 Å². The summed E-state index contributed by atoms with van der Waals surface area (Å²) in [5, 5.41) is 0. The van der Waals surface area contributed by atoms with Crippen molar-refractivity contribution in [1.82, 2.24) is 10.4 Å². The molecule has 0 aliphatic carbocycles. The second-order valence-corrected chi connectivity index (χ2v) is 2.44. The highest BCUT2D eigenvalue weighted by Gasteiger charge is 1.98. The van der Waals surface area contributed by atoms with E-state index in [4.69, 9.17) is 11.6 Å². The summed E-state index contributed by atoms with van der Waals surface area (Å²) >= 11 is 0. The number of aryl methyl sites for hydroxylation is 1. The van der Waals surface area contributed by atoms with Crippen LogP contribution in [0.3, 0.4) is 0 Å². The van der Waals surface area contributed by atoms with Crippen LogP contribution >= 0.6 is 0 Å². The third-order valence-corrected chi connectivity index (χ3v) is 1.51. The molecule has 1 aromatic rings. The molecule has 1 rings (SSSR count). The normalized spacial score (nSPS) is 11.3. The molecule has 0 spiro atoms. The van der Waals surface area contributed by atoms with E-state index in [-0.39, 0.29) is 0 Å². The number of nitrogens with zero attached hydrogens (tertiary/aromatic N) is 1. The Labute approximate surface area is 71.3 Å². The quantitative estimate of drug-likeness (QED) is 0.428. The first-order valence-corrected chi connectivity index (χ1v) is 3.59. The van der Waals surface area contributed by atoms with Crippen molar-refractivity contribution in [3.63, 3.8) is 0 Å². The Morgan fingerprint density at radius 2 is 2.42 bits per heavy atom. The lowest BCUT2D eigenvalue weighted by Crippen LogP contribution is -2.21. The van der Waals surface area contributed by atoms with Crippen molar-refractivity contribution in [2.45, 2.75) is 6.92 Å². The van der Waals surface area contributed by atoms with Crippen LogP contribution in [0.1, 0.15) is 11.3 Å². The van der Waals surface area contributed by atoms with Crippen LogP contribution in [0.4, 0.5) is 0 Å². The zero-order chi connectivity index (χ0) is 8.97. The van der Waals surface area contributed by atoms with Gasteiger partial charge in [0, 0.05) is 12.4 Å². The molecule has 0 atom stereocenters. The van der Waals surface area contributed by atoms with E-state index in [0.29, 0.717) is 5.70 Å². The standard InChI is InChI=1S/C8H12N4/c1-6-2-3-11-7(4-6)8(5-9)12-10/h2-5,12H,9-10H2,1H3/b8-5-. The van der Waals surface area contributed by atoms with E-state index in [0.717, 1.165) is 11.3 Å². The fourth-order valence-electron chi connectivity index (χ4n) is 0.891. The van der Waals surface area contributed by atoms with Crippen LogP contribution in [0.15, 0.2) is 24.5 Å². The van der Waals surface area contributed by atoms with Crippen molar-refractivity contribution in [2.75, 3.05) is 0 Å². The molecule has 0 aliphatic heterocycles. The lowest BCUT2D eigenvalue weighted by molar-refractivity contribution is 0.972. The van der Waals surface area contributed by atoms with Crippen LogP contribution in [0, 0.1) is 6.92 Å². The van der Waals surface area contributed by atoms with Gasteiger partial charge in [0.15, 0.2) is 0 Å². The zero-order valence-electron chi connectivity index (χ0n) is 6.91. The second kappa shape index (κ2) is 3.73. The fourth-order valence-corrected chi connectivity index (χ4v) is 0.891. The first-order chi connectivity index (χ1) is 5.77. The van der Waals surface area contributed by atoms with E-state index in [1.165, 1.54) is 6.20 Å². The summed E-state index contributed by atoms with van der Waals surface area (Å²) in [5.41, 5.74) is 10.3. The topological polar surface area (TPSA) is 77.0 Å². The number of pyridine rings is 1. The lowest BCUT2D eigenvalue weighted by Gasteiger charge is -2.04. The number of rotatable bonds is 2. The van der Waals surface area contributed by atoms with Crippen molar-refractivity contribution in [2.24, 2.45) is 11.6 Å². The van der Waals surface area contributed by atoms with Crippen molar-refractivity contribution >= 4 is 5.70 Å². The van der Waals surface area contributed by atoms with Gasteiger partial charge in [0.05, 0.1) is 11.4 Å². The zero-order valence-corrected chi connectivity index (χ0v) is 6.91. The molecular weight excluding hydrogens is 152 g/mol. The van der Waals surface area contributed by atoms with E-state index in [1.54, 1.807) is 6.20 Å². The van der Waals surface area contributed by atoms with Crippen LogP contribution in [-0.2, 0) is 0 Å². The first kappa shape index (κ1) is 8.55. The van der Waals surface area contributed by atoms with E-state index in [9.17, 15) is 0 Å². The van der Waals surface area contributed by atoms with Gasteiger partial charge >= 0.3 is 0 Å². The molecule has 1 heterocycles. The SMILES string of the molecule is Cc1ccnc(/C(=C/N)NN)c1. The van der Waals surface area contributed by atoms with Crippen molar-refractivity contribution in [3.05, 3.63) is 35.8 Å². The number of aromatic nitrogens is 1. The van der Waals surface area contributed by atoms with Crippen LogP contribution < -0.4 is 17.0 Å². The largest absolute Gasteiger partial charge is 0.403 e. The number of hydrogen-bond acceptors (Lipinski definition) is 4. The number of hydrazine groups is 1. The Hall–Kier alpha value is -1.55. The Morgan fingerprint density at radius 3 is 2.92 bits per heavy atom. The summed E-state index contributed by atoms with van der Waals surface area (Å²) in [6, 6.07) is 3.81. The molecule has 0 fully saturated rings. The van der Waals surface area contributed by atoms with Gasteiger partial charge in [-0.05, 0) is 24.6 Å². The molecule has 0 bridgehead atoms. The maximum atomic E-state index is 5.32. The summed E-state index contributed by atoms with van der Waals surface area (Å²) in [7, 11) is 0. The van der Waals surface area contributed by atoms with Crippen molar-refractivity contribution < 1.29 is 0 Å². The minimum atomic E-state index is 0.624. The monoisotopic (exact) mass is 164 g/mol. The van der Waals surface area contributed by atoms with Gasteiger partial charge in [-0.2, -0.15) is 0 Å². The Kier molecular flexibility index (Phi) is 2.66. The maximum Gasteiger partial charge on any atom is 0.0900 e. The van der Waals surface area contributed by atoms with Gasteiger partial charge in [0.25, 0.3) is 0 Å². The van der Waals surface area contributed by atoms with E-state index in [1.807, 2.05) is 19.1 Å². The average Bonchev–Trinajstić information content (AvgIpc) is 2.07. The van der Waals surface area contributed by atoms with Gasteiger partial charge in [-0.15, -0.1) is 0 Å². The number of nitrogens with two attached hydrogens (primary N) is 2. The molecule has 4 heteroatoms. The van der Waals surface area contributed by atoms with Gasteiger partial charge in [0.2, 0.25) is 0 Å². The highest BCUT2D eigenvalue weighted by atomic mass is 15.2. The molecule has 4 nitrogen and oxygen atoms in total. The average molecular weight is 164 g/mol. The first-order valence-electron chi connectivity index (χ1n) is 3.59. The molecule has 0 saturated heterocycles. The highest BCUT2D eigenvalue weighted by Crippen LogP contribution is 2.07. The van der Waals surface area contributed by atoms with Crippen LogP contribution in [-0.4, -0.2) is 4.98 Å². The van der Waals surface area contributed by atoms with Gasteiger partial charge in [-0.3, -0.25) is 10.8 Å². The Bertz CT molecular complexity index is 293. The summed E-state index contributed by atoms with van der Waals surface area (Å²) in [6.45, 7) is 1.98. The van der Waals surface area contributed by atoms with Crippen LogP contribution in [0.5, 0.6) is 0 Å². The minimum absolute atomic E-state index is 0.624. The van der Waals surface area contributed by atoms with Gasteiger partial charge < -0.3 is 11.2 Å². The molecule has 0 aromatic carbocycles. The van der Waals surface area contributed by atoms with E-state index < -0.39 is 0 Å². The summed E-state index contributed by atoms with van der Waals surface area (Å²) in [5.74, 6) is 5.23. The predicted molar refractivity (Wildman–Crippen MR) is 48.5 cm³/mol. The van der Waals surface area contributed by atoms with Crippen molar-refractivity contribution in [3.8, 4) is 0 Å². The minimum Gasteiger partial charge on any atom is -0.403 e. The van der Waals surface area contributed by atoms with Crippen molar-refractivity contribution in [1.29, 1.82) is 0 Å². The lowest BCUT2D eigenvalue weighted by atomic mass is 10.2. The summed E-state index contributed by atoms with van der Waals surface area (Å²) in [6.07, 6.45) is 3.10. The maximum absolute atomic E-state index is 5.32. The van der Waals surface area contributed by atoms with Crippen LogP contribution in [0.2, 0.25) is 0 Å². The molecular formula is C8H12N4. The van der Waals surface area contributed by atoms with Gasteiger partial charge in [-0.1, -0.05) is 0 Å². The molecule has 0 unspecified atom stereocenters. The third-order valence-electron chi connectivity index (χ3n) is 1.51. The second-order valence-electron chi connectivity index (χ2n) is 2.44. The molecule has 64 valence electrons. The number of hydrogen-bond donors (Lipinski definition) is 3. The summed E-state index contributed by atoms with van der Waals surface area (Å²) in [4.78, 5) is 4.09. The molecule has 0 saturated carbocycles. The van der Waals surface area contributed by atoms with Gasteiger partial charge in [-0.25, -0.2) is 0 Å². The van der Waals surface area contributed by atoms with Crippen LogP contribution in [0.25, 0.3) is 5.70 Å². The summed E-state index contributed by atoms with van der Waals surface area (Å²) < 4.78 is 0. The third kappa shape index (κ3) is 1.73. The highest BCUT2D eigenvalue weighted by molar-refractivity contribution is 5.59. The Morgan fingerprint density at radius 1 is 1.67 bits per heavy atom. The smallest absolute Gasteiger partial charge is 0.0900 e. The fraction of sp³-hybridized carbons (Fsp3) is 0.125. The number of nitrogens with one attached hydrogen (secondary N) is 1. The molecule has 12 heavy (non-hydrogen) atoms. The molecule has 1 aromatic heterocycles. The predicted octanol–water partition coefficient (Wildman–Crippen LogP) is 0.110. The Balaban J connectivity index is 3.02.